The molecule has 0 aliphatic rings. The molecule has 0 bridgehead atoms. The number of hydrogen-bond donors (Lipinski definition) is 0. The average molecular weight is 353 g/mol. The molecule has 2 aromatic carbocycles. The van der Waals surface area contributed by atoms with Crippen LogP contribution < -0.4 is 9.47 Å². The second kappa shape index (κ2) is 8.96. The van der Waals surface area contributed by atoms with Crippen LogP contribution >= 0.6 is 0 Å². The summed E-state index contributed by atoms with van der Waals surface area (Å²) in [6.45, 7) is -2.43. The first-order chi connectivity index (χ1) is 12.0. The van der Waals surface area contributed by atoms with Gasteiger partial charge in [0.2, 0.25) is 5.91 Å². The molecule has 0 aliphatic heterocycles. The fraction of sp³-hybridized carbons (Fsp3) is 0.278. The van der Waals surface area contributed by atoms with Gasteiger partial charge in [0.25, 0.3) is 0 Å². The van der Waals surface area contributed by atoms with Crippen molar-refractivity contribution >= 4 is 5.91 Å². The Kier molecular flexibility index (Phi) is 6.68. The van der Waals surface area contributed by atoms with Crippen LogP contribution in [0, 0.1) is 5.82 Å². The molecule has 0 spiro atoms. The van der Waals surface area contributed by atoms with E-state index in [1.54, 1.807) is 31.3 Å². The van der Waals surface area contributed by atoms with E-state index in [-0.39, 0.29) is 30.4 Å². The van der Waals surface area contributed by atoms with E-state index in [0.29, 0.717) is 12.1 Å². The Balaban J connectivity index is 1.79. The Bertz CT molecular complexity index is 692. The number of ether oxygens (including phenoxy) is 2. The molecule has 0 atom stereocenters. The zero-order valence-corrected chi connectivity index (χ0v) is 13.6. The van der Waals surface area contributed by atoms with Gasteiger partial charge in [-0.25, -0.2) is 4.39 Å². The van der Waals surface area contributed by atoms with Crippen LogP contribution in [0.2, 0.25) is 0 Å². The number of para-hydroxylation sites is 1. The van der Waals surface area contributed by atoms with Crippen molar-refractivity contribution in [2.45, 2.75) is 13.0 Å². The van der Waals surface area contributed by atoms with E-state index >= 15 is 0 Å². The van der Waals surface area contributed by atoms with Gasteiger partial charge in [0.1, 0.15) is 12.4 Å². The van der Waals surface area contributed by atoms with E-state index in [1.165, 1.54) is 29.2 Å². The summed E-state index contributed by atoms with van der Waals surface area (Å²) >= 11 is 0. The molecule has 0 unspecified atom stereocenters. The molecule has 0 saturated carbocycles. The average Bonchev–Trinajstić information content (AvgIpc) is 2.57. The number of likely N-dealkylation sites (N-methyl/N-ethyl adjacent to an activating group) is 1. The number of hydrogen-bond acceptors (Lipinski definition) is 3. The predicted octanol–water partition coefficient (Wildman–Crippen LogP) is 3.51. The fourth-order valence-electron chi connectivity index (χ4n) is 2.08. The maximum atomic E-state index is 13.4. The van der Waals surface area contributed by atoms with Gasteiger partial charge in [0.15, 0.2) is 11.6 Å². The lowest BCUT2D eigenvalue weighted by Crippen LogP contribution is -2.32. The minimum atomic E-state index is -2.88. The Morgan fingerprint density at radius 2 is 1.80 bits per heavy atom. The zero-order valence-electron chi connectivity index (χ0n) is 13.6. The van der Waals surface area contributed by atoms with E-state index in [9.17, 15) is 18.0 Å². The Labute approximate surface area is 143 Å². The number of alkyl halides is 2. The van der Waals surface area contributed by atoms with E-state index < -0.39 is 12.4 Å². The highest BCUT2D eigenvalue weighted by Crippen LogP contribution is 2.16. The molecule has 0 aliphatic carbocycles. The monoisotopic (exact) mass is 353 g/mol. The molecular weight excluding hydrogens is 335 g/mol. The number of carbonyl (C=O) groups is 1. The van der Waals surface area contributed by atoms with Gasteiger partial charge < -0.3 is 14.4 Å². The van der Waals surface area contributed by atoms with Crippen LogP contribution in [0.5, 0.6) is 11.5 Å². The summed E-state index contributed by atoms with van der Waals surface area (Å²) in [5.74, 6) is -0.446. The van der Waals surface area contributed by atoms with Crippen molar-refractivity contribution in [2.24, 2.45) is 0 Å². The summed E-state index contributed by atoms with van der Waals surface area (Å²) in [6, 6.07) is 11.9. The van der Waals surface area contributed by atoms with Crippen LogP contribution in [0.1, 0.15) is 5.56 Å². The minimum absolute atomic E-state index is 0.0397. The van der Waals surface area contributed by atoms with Gasteiger partial charge >= 0.3 is 6.61 Å². The molecule has 0 radical (unpaired) electrons. The molecule has 0 N–H and O–H groups in total. The number of carbonyl (C=O) groups excluding carboxylic acids is 1. The highest BCUT2D eigenvalue weighted by molar-refractivity contribution is 5.78. The number of rotatable bonds is 8. The Morgan fingerprint density at radius 1 is 1.12 bits per heavy atom. The molecular formula is C18H18F3NO3. The quantitative estimate of drug-likeness (QED) is 0.729. The largest absolute Gasteiger partial charge is 0.489 e. The van der Waals surface area contributed by atoms with Crippen molar-refractivity contribution in [3.8, 4) is 11.5 Å². The lowest BCUT2D eigenvalue weighted by molar-refractivity contribution is -0.129. The molecule has 134 valence electrons. The molecule has 0 aromatic heterocycles. The number of nitrogens with zero attached hydrogens (tertiary/aromatic N) is 1. The summed E-state index contributed by atoms with van der Waals surface area (Å²) in [6.07, 6.45) is 0.116. The maximum Gasteiger partial charge on any atom is 0.387 e. The third-order valence-corrected chi connectivity index (χ3v) is 3.45. The van der Waals surface area contributed by atoms with Gasteiger partial charge in [-0.1, -0.05) is 24.3 Å². The second-order valence-electron chi connectivity index (χ2n) is 5.29. The van der Waals surface area contributed by atoms with E-state index in [1.807, 2.05) is 0 Å². The van der Waals surface area contributed by atoms with Crippen molar-refractivity contribution in [1.82, 2.24) is 4.90 Å². The van der Waals surface area contributed by atoms with Crippen molar-refractivity contribution < 1.29 is 27.4 Å². The minimum Gasteiger partial charge on any atom is -0.489 e. The maximum absolute atomic E-state index is 13.4. The lowest BCUT2D eigenvalue weighted by Gasteiger charge is -2.18. The zero-order chi connectivity index (χ0) is 18.2. The van der Waals surface area contributed by atoms with Gasteiger partial charge in [0.05, 0.1) is 13.0 Å². The van der Waals surface area contributed by atoms with Gasteiger partial charge in [-0.05, 0) is 29.8 Å². The first-order valence-corrected chi connectivity index (χ1v) is 7.61. The molecule has 7 heteroatoms. The molecule has 2 rings (SSSR count). The molecule has 4 nitrogen and oxygen atoms in total. The van der Waals surface area contributed by atoms with Crippen LogP contribution in [-0.4, -0.2) is 37.6 Å². The normalized spacial score (nSPS) is 10.6. The third kappa shape index (κ3) is 6.02. The van der Waals surface area contributed by atoms with Crippen LogP contribution in [0.3, 0.4) is 0 Å². The van der Waals surface area contributed by atoms with Crippen LogP contribution in [0.15, 0.2) is 48.5 Å². The first kappa shape index (κ1) is 18.6. The van der Waals surface area contributed by atoms with Crippen molar-refractivity contribution in [2.75, 3.05) is 20.2 Å². The van der Waals surface area contributed by atoms with E-state index in [0.717, 1.165) is 0 Å². The lowest BCUT2D eigenvalue weighted by atomic mass is 10.1. The van der Waals surface area contributed by atoms with Gasteiger partial charge in [-0.3, -0.25) is 4.79 Å². The van der Waals surface area contributed by atoms with Crippen LogP contribution in [0.4, 0.5) is 13.2 Å². The SMILES string of the molecule is CN(CCOc1ccccc1F)C(=O)Cc1ccc(OC(F)F)cc1. The van der Waals surface area contributed by atoms with Crippen LogP contribution in [0.25, 0.3) is 0 Å². The predicted molar refractivity (Wildman–Crippen MR) is 86.3 cm³/mol. The summed E-state index contributed by atoms with van der Waals surface area (Å²) in [5, 5.41) is 0. The molecule has 1 amide bonds. The van der Waals surface area contributed by atoms with E-state index in [4.69, 9.17) is 4.74 Å². The molecule has 0 saturated heterocycles. The van der Waals surface area contributed by atoms with Crippen LogP contribution in [-0.2, 0) is 11.2 Å². The first-order valence-electron chi connectivity index (χ1n) is 7.61. The Hall–Kier alpha value is -2.70. The Morgan fingerprint density at radius 3 is 2.44 bits per heavy atom. The molecule has 0 fully saturated rings. The number of amides is 1. The summed E-state index contributed by atoms with van der Waals surface area (Å²) in [7, 11) is 1.61. The van der Waals surface area contributed by atoms with Gasteiger partial charge in [-0.15, -0.1) is 0 Å². The van der Waals surface area contributed by atoms with E-state index in [2.05, 4.69) is 4.74 Å². The topological polar surface area (TPSA) is 38.8 Å². The smallest absolute Gasteiger partial charge is 0.387 e. The van der Waals surface area contributed by atoms with Crippen molar-refractivity contribution in [3.05, 3.63) is 59.9 Å². The number of benzene rings is 2. The highest BCUT2D eigenvalue weighted by Gasteiger charge is 2.11. The second-order valence-corrected chi connectivity index (χ2v) is 5.29. The molecule has 25 heavy (non-hydrogen) atoms. The number of halogens is 3. The molecule has 0 heterocycles. The van der Waals surface area contributed by atoms with Gasteiger partial charge in [-0.2, -0.15) is 8.78 Å². The summed E-state index contributed by atoms with van der Waals surface area (Å²) < 4.78 is 47.1. The molecule has 2 aromatic rings. The summed E-state index contributed by atoms with van der Waals surface area (Å²) in [5.41, 5.74) is 0.675. The fourth-order valence-corrected chi connectivity index (χ4v) is 2.08. The standard InChI is InChI=1S/C18H18F3NO3/c1-22(10-11-24-16-5-3-2-4-15(16)19)17(23)12-13-6-8-14(9-7-13)25-18(20)21/h2-9,18H,10-12H2,1H3. The summed E-state index contributed by atoms with van der Waals surface area (Å²) in [4.78, 5) is 13.6. The third-order valence-electron chi connectivity index (χ3n) is 3.45. The van der Waals surface area contributed by atoms with Crippen molar-refractivity contribution in [1.29, 1.82) is 0 Å². The van der Waals surface area contributed by atoms with Gasteiger partial charge in [0, 0.05) is 7.05 Å². The van der Waals surface area contributed by atoms with Crippen molar-refractivity contribution in [3.63, 3.8) is 0 Å². The highest BCUT2D eigenvalue weighted by atomic mass is 19.3.